The first kappa shape index (κ1) is 19.5. The molecule has 0 saturated carbocycles. The lowest BCUT2D eigenvalue weighted by molar-refractivity contribution is -0.137. The van der Waals surface area contributed by atoms with Crippen molar-refractivity contribution in [3.8, 4) is 11.8 Å². The maximum absolute atomic E-state index is 12.7. The van der Waals surface area contributed by atoms with Crippen molar-refractivity contribution in [3.05, 3.63) is 71.3 Å². The molecule has 1 aromatic rings. The van der Waals surface area contributed by atoms with E-state index in [1.165, 1.54) is 25.3 Å². The second kappa shape index (κ2) is 8.54. The van der Waals surface area contributed by atoms with Crippen LogP contribution in [0.3, 0.4) is 0 Å². The van der Waals surface area contributed by atoms with Crippen LogP contribution in [-0.2, 0) is 15.7 Å². The molecule has 0 aromatic heterocycles. The van der Waals surface area contributed by atoms with Crippen LogP contribution < -0.4 is 0 Å². The molecule has 26 heavy (non-hydrogen) atoms. The second-order valence-corrected chi connectivity index (χ2v) is 5.58. The minimum Gasteiger partial charge on any atom is -0.358 e. The van der Waals surface area contributed by atoms with E-state index in [2.05, 4.69) is 11.8 Å². The number of ether oxygens (including phenoxy) is 1. The largest absolute Gasteiger partial charge is 0.416 e. The van der Waals surface area contributed by atoms with Crippen LogP contribution >= 0.6 is 0 Å². The van der Waals surface area contributed by atoms with Gasteiger partial charge in [0, 0.05) is 25.3 Å². The second-order valence-electron chi connectivity index (χ2n) is 5.58. The van der Waals surface area contributed by atoms with Gasteiger partial charge in [0.15, 0.2) is 6.23 Å². The highest BCUT2D eigenvalue weighted by Crippen LogP contribution is 2.29. The van der Waals surface area contributed by atoms with E-state index in [1.54, 1.807) is 36.1 Å². The molecule has 0 bridgehead atoms. The number of allylic oxidation sites excluding steroid dienone is 3. The quantitative estimate of drug-likeness (QED) is 0.601. The van der Waals surface area contributed by atoms with Gasteiger partial charge in [0.1, 0.15) is 0 Å². The van der Waals surface area contributed by atoms with E-state index in [0.717, 1.165) is 12.1 Å². The minimum atomic E-state index is -4.38. The van der Waals surface area contributed by atoms with Gasteiger partial charge in [0.2, 0.25) is 5.91 Å². The van der Waals surface area contributed by atoms with E-state index < -0.39 is 11.7 Å². The number of carbonyl (C=O) groups is 1. The number of amides is 1. The summed E-state index contributed by atoms with van der Waals surface area (Å²) in [6, 6.07) is 4.90. The molecule has 1 atom stereocenters. The predicted octanol–water partition coefficient (Wildman–Crippen LogP) is 3.93. The fraction of sp³-hybridized carbons (Fsp3) is 0.250. The van der Waals surface area contributed by atoms with E-state index in [4.69, 9.17) is 4.74 Å². The van der Waals surface area contributed by atoms with Crippen LogP contribution in [0.2, 0.25) is 0 Å². The van der Waals surface area contributed by atoms with Crippen molar-refractivity contribution in [2.45, 2.75) is 19.3 Å². The van der Waals surface area contributed by atoms with E-state index in [1.807, 2.05) is 0 Å². The zero-order chi connectivity index (χ0) is 19.2. The lowest BCUT2D eigenvalue weighted by Crippen LogP contribution is -2.35. The van der Waals surface area contributed by atoms with E-state index in [9.17, 15) is 18.0 Å². The first-order valence-corrected chi connectivity index (χ1v) is 7.85. The van der Waals surface area contributed by atoms with Crippen LogP contribution in [0.15, 0.2) is 60.2 Å². The monoisotopic (exact) mass is 361 g/mol. The maximum atomic E-state index is 12.7. The van der Waals surface area contributed by atoms with E-state index >= 15 is 0 Å². The molecule has 0 radical (unpaired) electrons. The van der Waals surface area contributed by atoms with Crippen molar-refractivity contribution >= 4 is 5.91 Å². The highest BCUT2D eigenvalue weighted by molar-refractivity contribution is 5.90. The number of nitrogens with zero attached hydrogens (tertiary/aromatic N) is 1. The summed E-state index contributed by atoms with van der Waals surface area (Å²) in [5.74, 6) is 5.41. The summed E-state index contributed by atoms with van der Waals surface area (Å²) in [4.78, 5) is 13.2. The van der Waals surface area contributed by atoms with E-state index in [-0.39, 0.29) is 12.1 Å². The number of rotatable bonds is 4. The molecule has 0 aliphatic carbocycles. The molecule has 2 rings (SSSR count). The van der Waals surface area contributed by atoms with Crippen molar-refractivity contribution in [1.29, 1.82) is 0 Å². The molecule has 1 aliphatic heterocycles. The average molecular weight is 361 g/mol. The summed E-state index contributed by atoms with van der Waals surface area (Å²) in [5, 5.41) is 0. The van der Waals surface area contributed by atoms with Crippen molar-refractivity contribution in [1.82, 2.24) is 4.90 Å². The zero-order valence-corrected chi connectivity index (χ0v) is 14.4. The van der Waals surface area contributed by atoms with Gasteiger partial charge in [0.05, 0.1) is 5.56 Å². The van der Waals surface area contributed by atoms with E-state index in [0.29, 0.717) is 17.7 Å². The third-order valence-corrected chi connectivity index (χ3v) is 3.61. The molecular formula is C20H18F3NO2. The van der Waals surface area contributed by atoms with Crippen molar-refractivity contribution < 1.29 is 22.7 Å². The topological polar surface area (TPSA) is 29.5 Å². The van der Waals surface area contributed by atoms with Gasteiger partial charge in [-0.25, -0.2) is 0 Å². The van der Waals surface area contributed by atoms with Crippen LogP contribution in [-0.4, -0.2) is 30.7 Å². The lowest BCUT2D eigenvalue weighted by Gasteiger charge is -2.21. The normalized spacial score (nSPS) is 17.7. The Morgan fingerprint density at radius 3 is 2.85 bits per heavy atom. The Kier molecular flexibility index (Phi) is 6.42. The molecule has 0 unspecified atom stereocenters. The number of carbonyl (C=O) groups excluding carboxylic acids is 1. The van der Waals surface area contributed by atoms with Crippen LogP contribution in [0.4, 0.5) is 13.2 Å². The summed E-state index contributed by atoms with van der Waals surface area (Å²) in [5.41, 5.74) is 0.267. The van der Waals surface area contributed by atoms with Gasteiger partial charge in [-0.2, -0.15) is 13.2 Å². The SMILES string of the molecule is CO[C@@H]1C=CC(=O)N1C/C=C\C=C(/C)C#Cc1cccc(C(F)(F)F)c1. The standard InChI is InChI=1S/C20H18F3NO2/c1-15(6-3-4-13-24-18(25)11-12-19(24)26-2)9-10-16-7-5-8-17(14-16)20(21,22)23/h3-8,11-12,14,19H,13H2,1-2H3/b4-3-,15-6+/t19-/m1/s1. The molecular weight excluding hydrogens is 343 g/mol. The Balaban J connectivity index is 1.97. The third-order valence-electron chi connectivity index (χ3n) is 3.61. The molecule has 136 valence electrons. The van der Waals surface area contributed by atoms with Crippen molar-refractivity contribution in [2.24, 2.45) is 0 Å². The first-order valence-electron chi connectivity index (χ1n) is 7.85. The number of benzene rings is 1. The Hall–Kier alpha value is -2.78. The van der Waals surface area contributed by atoms with Crippen LogP contribution in [0.5, 0.6) is 0 Å². The minimum absolute atomic E-state index is 0.119. The Bertz CT molecular complexity index is 810. The highest BCUT2D eigenvalue weighted by atomic mass is 19.4. The summed E-state index contributed by atoms with van der Waals surface area (Å²) in [6.45, 7) is 2.14. The number of halogens is 3. The summed E-state index contributed by atoms with van der Waals surface area (Å²) in [7, 11) is 1.53. The molecule has 3 nitrogen and oxygen atoms in total. The van der Waals surface area contributed by atoms with Gasteiger partial charge in [-0.15, -0.1) is 0 Å². The molecule has 6 heteroatoms. The summed E-state index contributed by atoms with van der Waals surface area (Å²) >= 11 is 0. The highest BCUT2D eigenvalue weighted by Gasteiger charge is 2.30. The van der Waals surface area contributed by atoms with Gasteiger partial charge in [-0.05, 0) is 36.8 Å². The summed E-state index contributed by atoms with van der Waals surface area (Å²) < 4.78 is 43.2. The number of hydrogen-bond donors (Lipinski definition) is 0. The maximum Gasteiger partial charge on any atom is 0.416 e. The van der Waals surface area contributed by atoms with Gasteiger partial charge in [-0.3, -0.25) is 4.79 Å². The van der Waals surface area contributed by atoms with Crippen molar-refractivity contribution in [2.75, 3.05) is 13.7 Å². The molecule has 0 spiro atoms. The van der Waals surface area contributed by atoms with Gasteiger partial charge >= 0.3 is 6.18 Å². The molecule has 1 aromatic carbocycles. The molecule has 1 amide bonds. The van der Waals surface area contributed by atoms with Crippen LogP contribution in [0.1, 0.15) is 18.1 Å². The summed E-state index contributed by atoms with van der Waals surface area (Å²) in [6.07, 6.45) is 3.66. The third kappa shape index (κ3) is 5.36. The molecule has 0 fully saturated rings. The zero-order valence-electron chi connectivity index (χ0n) is 14.4. The number of methoxy groups -OCH3 is 1. The molecule has 1 aliphatic rings. The Morgan fingerprint density at radius 1 is 1.38 bits per heavy atom. The predicted molar refractivity (Wildman–Crippen MR) is 92.9 cm³/mol. The van der Waals surface area contributed by atoms with Gasteiger partial charge in [-0.1, -0.05) is 36.1 Å². The number of hydrogen-bond acceptors (Lipinski definition) is 2. The van der Waals surface area contributed by atoms with Crippen LogP contribution in [0, 0.1) is 11.8 Å². The first-order chi connectivity index (χ1) is 12.3. The lowest BCUT2D eigenvalue weighted by atomic mass is 10.1. The number of alkyl halides is 3. The fourth-order valence-electron chi connectivity index (χ4n) is 2.26. The van der Waals surface area contributed by atoms with Gasteiger partial charge < -0.3 is 9.64 Å². The smallest absolute Gasteiger partial charge is 0.358 e. The van der Waals surface area contributed by atoms with Crippen LogP contribution in [0.25, 0.3) is 0 Å². The van der Waals surface area contributed by atoms with Gasteiger partial charge in [0.25, 0.3) is 0 Å². The molecule has 0 N–H and O–H groups in total. The molecule has 0 saturated heterocycles. The molecule has 1 heterocycles. The Morgan fingerprint density at radius 2 is 2.15 bits per heavy atom. The van der Waals surface area contributed by atoms with Crippen molar-refractivity contribution in [3.63, 3.8) is 0 Å². The fourth-order valence-corrected chi connectivity index (χ4v) is 2.26. The average Bonchev–Trinajstić information content (AvgIpc) is 2.96. The Labute approximate surface area is 150 Å².